The van der Waals surface area contributed by atoms with Crippen molar-refractivity contribution < 1.29 is 17.9 Å². The van der Waals surface area contributed by atoms with Gasteiger partial charge in [-0.1, -0.05) is 45.6 Å². The molecular formula is C22H28N2O4S. The molecule has 2 aromatic rings. The highest BCUT2D eigenvalue weighted by molar-refractivity contribution is 7.92. The summed E-state index contributed by atoms with van der Waals surface area (Å²) in [5.74, 6) is 0.217. The number of nitrogens with zero attached hydrogens (tertiary/aromatic N) is 1. The summed E-state index contributed by atoms with van der Waals surface area (Å²) in [4.78, 5) is 12.5. The molecule has 6 nitrogen and oxygen atoms in total. The lowest BCUT2D eigenvalue weighted by Gasteiger charge is -2.24. The number of nitrogens with one attached hydrogen (secondary N) is 1. The number of sulfonamides is 1. The monoisotopic (exact) mass is 416 g/mol. The molecule has 7 heteroatoms. The Balaban J connectivity index is 2.12. The van der Waals surface area contributed by atoms with Gasteiger partial charge in [-0.2, -0.15) is 0 Å². The molecule has 0 unspecified atom stereocenters. The molecule has 0 aromatic heterocycles. The zero-order valence-corrected chi connectivity index (χ0v) is 18.1. The Hall–Kier alpha value is -2.80. The van der Waals surface area contributed by atoms with E-state index in [0.29, 0.717) is 23.7 Å². The van der Waals surface area contributed by atoms with Crippen molar-refractivity contribution in [1.82, 2.24) is 0 Å². The van der Waals surface area contributed by atoms with Gasteiger partial charge in [0.2, 0.25) is 15.9 Å². The summed E-state index contributed by atoms with van der Waals surface area (Å²) in [6.45, 7) is 9.90. The molecule has 0 radical (unpaired) electrons. The zero-order valence-electron chi connectivity index (χ0n) is 17.3. The van der Waals surface area contributed by atoms with Crippen molar-refractivity contribution in [2.45, 2.75) is 26.2 Å². The van der Waals surface area contributed by atoms with Gasteiger partial charge in [-0.05, 0) is 47.4 Å². The first kappa shape index (κ1) is 22.5. The summed E-state index contributed by atoms with van der Waals surface area (Å²) < 4.78 is 31.0. The molecule has 2 aromatic carbocycles. The van der Waals surface area contributed by atoms with Crippen LogP contribution in [0.1, 0.15) is 26.3 Å². The third-order valence-corrected chi connectivity index (χ3v) is 5.36. The van der Waals surface area contributed by atoms with Gasteiger partial charge in [0.15, 0.2) is 0 Å². The lowest BCUT2D eigenvalue weighted by Crippen LogP contribution is -2.37. The second kappa shape index (κ2) is 9.13. The minimum absolute atomic E-state index is 0.0482. The van der Waals surface area contributed by atoms with Crippen LogP contribution in [-0.4, -0.2) is 33.7 Å². The number of carbonyl (C=O) groups is 1. The van der Waals surface area contributed by atoms with Crippen LogP contribution in [0.25, 0.3) is 0 Å². The average molecular weight is 417 g/mol. The number of anilines is 2. The minimum Gasteiger partial charge on any atom is -0.490 e. The molecule has 0 aliphatic heterocycles. The number of hydrogen-bond donors (Lipinski definition) is 1. The molecule has 0 heterocycles. The minimum atomic E-state index is -3.63. The van der Waals surface area contributed by atoms with Gasteiger partial charge in [0.05, 0.1) is 11.9 Å². The van der Waals surface area contributed by atoms with Crippen molar-refractivity contribution in [3.63, 3.8) is 0 Å². The number of hydrogen-bond acceptors (Lipinski definition) is 4. The normalized spacial score (nSPS) is 11.6. The van der Waals surface area contributed by atoms with E-state index in [9.17, 15) is 13.2 Å². The molecule has 0 aliphatic rings. The van der Waals surface area contributed by atoms with Crippen molar-refractivity contribution in [1.29, 1.82) is 0 Å². The van der Waals surface area contributed by atoms with Gasteiger partial charge < -0.3 is 10.1 Å². The molecular weight excluding hydrogens is 388 g/mol. The van der Waals surface area contributed by atoms with Crippen molar-refractivity contribution >= 4 is 27.3 Å². The molecule has 0 aliphatic carbocycles. The Morgan fingerprint density at radius 2 is 1.69 bits per heavy atom. The fourth-order valence-corrected chi connectivity index (χ4v) is 3.50. The molecule has 0 spiro atoms. The van der Waals surface area contributed by atoms with Gasteiger partial charge in [-0.25, -0.2) is 8.42 Å². The van der Waals surface area contributed by atoms with Crippen LogP contribution < -0.4 is 14.4 Å². The number of rotatable bonds is 8. The van der Waals surface area contributed by atoms with Crippen molar-refractivity contribution in [2.24, 2.45) is 0 Å². The Kier molecular flexibility index (Phi) is 7.08. The Labute approximate surface area is 173 Å². The van der Waals surface area contributed by atoms with Crippen molar-refractivity contribution in [3.05, 3.63) is 66.7 Å². The van der Waals surface area contributed by atoms with E-state index in [4.69, 9.17) is 4.74 Å². The summed E-state index contributed by atoms with van der Waals surface area (Å²) >= 11 is 0. The summed E-state index contributed by atoms with van der Waals surface area (Å²) in [6, 6.07) is 14.0. The quantitative estimate of drug-likeness (QED) is 0.661. The molecule has 1 amide bonds. The van der Waals surface area contributed by atoms with Gasteiger partial charge in [-0.3, -0.25) is 9.10 Å². The molecule has 0 saturated heterocycles. The fraction of sp³-hybridized carbons (Fsp3) is 0.318. The van der Waals surface area contributed by atoms with E-state index in [1.165, 1.54) is 0 Å². The smallest absolute Gasteiger partial charge is 0.245 e. The van der Waals surface area contributed by atoms with Crippen molar-refractivity contribution in [3.8, 4) is 5.75 Å². The highest BCUT2D eigenvalue weighted by Crippen LogP contribution is 2.26. The fourth-order valence-electron chi connectivity index (χ4n) is 2.65. The first-order valence-corrected chi connectivity index (χ1v) is 11.1. The lowest BCUT2D eigenvalue weighted by molar-refractivity contribution is -0.114. The lowest BCUT2D eigenvalue weighted by atomic mass is 9.87. The van der Waals surface area contributed by atoms with Crippen LogP contribution >= 0.6 is 0 Å². The number of carbonyl (C=O) groups excluding carboxylic acids is 1. The number of ether oxygens (including phenoxy) is 1. The summed E-state index contributed by atoms with van der Waals surface area (Å²) in [5.41, 5.74) is 2.03. The van der Waals surface area contributed by atoms with E-state index >= 15 is 0 Å². The van der Waals surface area contributed by atoms with Gasteiger partial charge >= 0.3 is 0 Å². The molecule has 156 valence electrons. The standard InChI is InChI=1S/C22H28N2O4S/c1-6-15-28-20-13-9-18(10-14-20)23-21(25)16-24(29(5,26)27)19-11-7-17(8-12-19)22(2,3)4/h6-14H,1,15-16H2,2-5H3,(H,23,25). The zero-order chi connectivity index (χ0) is 21.7. The van der Waals surface area contributed by atoms with Crippen LogP contribution in [0.3, 0.4) is 0 Å². The van der Waals surface area contributed by atoms with E-state index in [0.717, 1.165) is 16.1 Å². The van der Waals surface area contributed by atoms with Crippen LogP contribution in [0.2, 0.25) is 0 Å². The molecule has 0 atom stereocenters. The van der Waals surface area contributed by atoms with E-state index in [-0.39, 0.29) is 12.0 Å². The van der Waals surface area contributed by atoms with Crippen LogP contribution in [0.4, 0.5) is 11.4 Å². The van der Waals surface area contributed by atoms with Crippen LogP contribution in [-0.2, 0) is 20.2 Å². The Morgan fingerprint density at radius 1 is 1.10 bits per heavy atom. The highest BCUT2D eigenvalue weighted by Gasteiger charge is 2.22. The third-order valence-electron chi connectivity index (χ3n) is 4.21. The van der Waals surface area contributed by atoms with E-state index in [1.807, 2.05) is 12.1 Å². The van der Waals surface area contributed by atoms with Gasteiger partial charge in [0.1, 0.15) is 18.9 Å². The largest absolute Gasteiger partial charge is 0.490 e. The maximum absolute atomic E-state index is 12.5. The number of amides is 1. The maximum Gasteiger partial charge on any atom is 0.245 e. The summed E-state index contributed by atoms with van der Waals surface area (Å²) in [7, 11) is -3.63. The summed E-state index contributed by atoms with van der Waals surface area (Å²) in [6.07, 6.45) is 2.73. The van der Waals surface area contributed by atoms with E-state index in [2.05, 4.69) is 32.7 Å². The Morgan fingerprint density at radius 3 is 2.17 bits per heavy atom. The molecule has 0 bridgehead atoms. The summed E-state index contributed by atoms with van der Waals surface area (Å²) in [5, 5.41) is 2.71. The highest BCUT2D eigenvalue weighted by atomic mass is 32.2. The molecule has 0 fully saturated rings. The van der Waals surface area contributed by atoms with Gasteiger partial charge in [0, 0.05) is 5.69 Å². The predicted molar refractivity (Wildman–Crippen MR) is 118 cm³/mol. The number of benzene rings is 2. The molecule has 2 rings (SSSR count). The average Bonchev–Trinajstić information content (AvgIpc) is 2.64. The first-order valence-electron chi connectivity index (χ1n) is 9.22. The topological polar surface area (TPSA) is 75.7 Å². The van der Waals surface area contributed by atoms with Crippen molar-refractivity contribution in [2.75, 3.05) is 29.0 Å². The first-order chi connectivity index (χ1) is 13.5. The molecule has 29 heavy (non-hydrogen) atoms. The van der Waals surface area contributed by atoms with Gasteiger partial charge in [0.25, 0.3) is 0 Å². The van der Waals surface area contributed by atoms with Crippen LogP contribution in [0.15, 0.2) is 61.2 Å². The van der Waals surface area contributed by atoms with Gasteiger partial charge in [-0.15, -0.1) is 0 Å². The maximum atomic E-state index is 12.5. The van der Waals surface area contributed by atoms with Crippen LogP contribution in [0, 0.1) is 0 Å². The van der Waals surface area contributed by atoms with Crippen LogP contribution in [0.5, 0.6) is 5.75 Å². The second-order valence-corrected chi connectivity index (χ2v) is 9.65. The second-order valence-electron chi connectivity index (χ2n) is 7.74. The third kappa shape index (κ3) is 6.64. The van der Waals surface area contributed by atoms with E-state index in [1.54, 1.807) is 42.5 Å². The SMILES string of the molecule is C=CCOc1ccc(NC(=O)CN(c2ccc(C(C)(C)C)cc2)S(C)(=O)=O)cc1. The Bertz CT molecular complexity index is 944. The van der Waals surface area contributed by atoms with E-state index < -0.39 is 15.9 Å². The molecule has 0 saturated carbocycles. The molecule has 1 N–H and O–H groups in total. The predicted octanol–water partition coefficient (Wildman–Crippen LogP) is 3.95.